The number of benzene rings is 1. The molecule has 0 aromatic heterocycles. The molecular weight excluding hydrogens is 288 g/mol. The molecule has 0 aliphatic rings. The fraction of sp³-hybridized carbons (Fsp3) is 0.533. The third-order valence-corrected chi connectivity index (χ3v) is 3.08. The molecular formula is C15H24N2O5. The van der Waals surface area contributed by atoms with Crippen LogP contribution in [0.3, 0.4) is 0 Å². The summed E-state index contributed by atoms with van der Waals surface area (Å²) < 4.78 is 5.08. The lowest BCUT2D eigenvalue weighted by Crippen LogP contribution is -2.48. The van der Waals surface area contributed by atoms with Gasteiger partial charge in [0.15, 0.2) is 0 Å². The molecule has 1 aromatic rings. The van der Waals surface area contributed by atoms with E-state index in [0.29, 0.717) is 19.6 Å². The number of aliphatic hydroxyl groups is 2. The number of ether oxygens (including phenoxy) is 1. The highest BCUT2D eigenvalue weighted by Gasteiger charge is 2.21. The SMILES string of the molecule is O=C(O)N[C@@H](Cc1ccccc1)[C@H](O)CNCCOCCO. The van der Waals surface area contributed by atoms with Gasteiger partial charge in [-0.1, -0.05) is 30.3 Å². The predicted octanol–water partition coefficient (Wildman–Crippen LogP) is -0.175. The van der Waals surface area contributed by atoms with Crippen LogP contribution in [0, 0.1) is 0 Å². The maximum Gasteiger partial charge on any atom is 0.404 e. The zero-order chi connectivity index (χ0) is 16.2. The van der Waals surface area contributed by atoms with Gasteiger partial charge in [-0.2, -0.15) is 0 Å². The molecule has 0 bridgehead atoms. The first-order valence-corrected chi connectivity index (χ1v) is 7.24. The summed E-state index contributed by atoms with van der Waals surface area (Å²) in [5.74, 6) is 0. The Labute approximate surface area is 129 Å². The smallest absolute Gasteiger partial charge is 0.404 e. The van der Waals surface area contributed by atoms with Crippen LogP contribution in [0.4, 0.5) is 4.79 Å². The van der Waals surface area contributed by atoms with Gasteiger partial charge in [-0.3, -0.25) is 0 Å². The Balaban J connectivity index is 2.40. The van der Waals surface area contributed by atoms with Gasteiger partial charge >= 0.3 is 6.09 Å². The molecule has 124 valence electrons. The summed E-state index contributed by atoms with van der Waals surface area (Å²) in [5.41, 5.74) is 0.951. The van der Waals surface area contributed by atoms with Crippen molar-refractivity contribution in [2.45, 2.75) is 18.6 Å². The van der Waals surface area contributed by atoms with Crippen LogP contribution < -0.4 is 10.6 Å². The highest BCUT2D eigenvalue weighted by Crippen LogP contribution is 2.06. The molecule has 1 aromatic carbocycles. The van der Waals surface area contributed by atoms with Gasteiger partial charge in [-0.25, -0.2) is 4.79 Å². The van der Waals surface area contributed by atoms with E-state index in [0.717, 1.165) is 5.56 Å². The number of rotatable bonds is 11. The zero-order valence-electron chi connectivity index (χ0n) is 12.4. The van der Waals surface area contributed by atoms with E-state index < -0.39 is 18.2 Å². The van der Waals surface area contributed by atoms with E-state index >= 15 is 0 Å². The highest BCUT2D eigenvalue weighted by molar-refractivity contribution is 5.65. The Bertz CT molecular complexity index is 416. The van der Waals surface area contributed by atoms with Crippen LogP contribution in [0.1, 0.15) is 5.56 Å². The number of hydrogen-bond donors (Lipinski definition) is 5. The molecule has 22 heavy (non-hydrogen) atoms. The minimum atomic E-state index is -1.16. The summed E-state index contributed by atoms with van der Waals surface area (Å²) in [4.78, 5) is 10.9. The molecule has 0 aliphatic carbocycles. The maximum absolute atomic E-state index is 10.9. The van der Waals surface area contributed by atoms with E-state index in [9.17, 15) is 9.90 Å². The second kappa shape index (κ2) is 11.0. The molecule has 0 aliphatic heterocycles. The van der Waals surface area contributed by atoms with E-state index in [1.54, 1.807) is 0 Å². The average molecular weight is 312 g/mol. The molecule has 0 unspecified atom stereocenters. The van der Waals surface area contributed by atoms with Crippen LogP contribution in [0.5, 0.6) is 0 Å². The molecule has 0 saturated carbocycles. The number of aliphatic hydroxyl groups excluding tert-OH is 2. The molecule has 0 saturated heterocycles. The Morgan fingerprint density at radius 1 is 1.23 bits per heavy atom. The fourth-order valence-corrected chi connectivity index (χ4v) is 2.01. The van der Waals surface area contributed by atoms with Gasteiger partial charge in [0, 0.05) is 13.1 Å². The van der Waals surface area contributed by atoms with Crippen LogP contribution in [0.2, 0.25) is 0 Å². The third-order valence-electron chi connectivity index (χ3n) is 3.08. The number of hydrogen-bond acceptors (Lipinski definition) is 5. The first-order valence-electron chi connectivity index (χ1n) is 7.24. The van der Waals surface area contributed by atoms with Crippen molar-refractivity contribution >= 4 is 6.09 Å². The maximum atomic E-state index is 10.9. The van der Waals surface area contributed by atoms with Crippen molar-refractivity contribution in [3.8, 4) is 0 Å². The third kappa shape index (κ3) is 7.94. The van der Waals surface area contributed by atoms with Crippen LogP contribution in [-0.2, 0) is 11.2 Å². The monoisotopic (exact) mass is 312 g/mol. The number of carboxylic acid groups (broad SMARTS) is 1. The minimum absolute atomic E-state index is 0.0235. The highest BCUT2D eigenvalue weighted by atomic mass is 16.5. The number of carbonyl (C=O) groups is 1. The Hall–Kier alpha value is -1.67. The van der Waals surface area contributed by atoms with Crippen molar-refractivity contribution < 1.29 is 24.9 Å². The van der Waals surface area contributed by atoms with Crippen molar-refractivity contribution in [1.29, 1.82) is 0 Å². The Morgan fingerprint density at radius 3 is 2.59 bits per heavy atom. The van der Waals surface area contributed by atoms with E-state index in [1.807, 2.05) is 30.3 Å². The van der Waals surface area contributed by atoms with E-state index in [4.69, 9.17) is 14.9 Å². The number of nitrogens with one attached hydrogen (secondary N) is 2. The van der Waals surface area contributed by atoms with E-state index in [1.165, 1.54) is 0 Å². The average Bonchev–Trinajstić information content (AvgIpc) is 2.50. The van der Waals surface area contributed by atoms with Crippen LogP contribution >= 0.6 is 0 Å². The first-order chi connectivity index (χ1) is 10.6. The van der Waals surface area contributed by atoms with Gasteiger partial charge < -0.3 is 30.7 Å². The van der Waals surface area contributed by atoms with Crippen molar-refractivity contribution in [1.82, 2.24) is 10.6 Å². The van der Waals surface area contributed by atoms with Gasteiger partial charge in [0.2, 0.25) is 0 Å². The largest absolute Gasteiger partial charge is 0.465 e. The minimum Gasteiger partial charge on any atom is -0.465 e. The fourth-order valence-electron chi connectivity index (χ4n) is 2.01. The molecule has 7 nitrogen and oxygen atoms in total. The topological polar surface area (TPSA) is 111 Å². The summed E-state index contributed by atoms with van der Waals surface area (Å²) in [6, 6.07) is 8.81. The zero-order valence-corrected chi connectivity index (χ0v) is 12.4. The summed E-state index contributed by atoms with van der Waals surface area (Å²) >= 11 is 0. The van der Waals surface area contributed by atoms with Crippen molar-refractivity contribution in [3.63, 3.8) is 0 Å². The van der Waals surface area contributed by atoms with Crippen molar-refractivity contribution in [3.05, 3.63) is 35.9 Å². The molecule has 0 fully saturated rings. The lowest BCUT2D eigenvalue weighted by molar-refractivity contribution is 0.0870. The quantitative estimate of drug-likeness (QED) is 0.363. The summed E-state index contributed by atoms with van der Waals surface area (Å²) in [7, 11) is 0. The lowest BCUT2D eigenvalue weighted by atomic mass is 10.0. The Morgan fingerprint density at radius 2 is 1.95 bits per heavy atom. The molecule has 7 heteroatoms. The second-order valence-corrected chi connectivity index (χ2v) is 4.85. The van der Waals surface area contributed by atoms with E-state index in [-0.39, 0.29) is 19.8 Å². The van der Waals surface area contributed by atoms with Crippen molar-refractivity contribution in [2.24, 2.45) is 0 Å². The molecule has 0 heterocycles. The Kier molecular flexibility index (Phi) is 9.17. The van der Waals surface area contributed by atoms with Gasteiger partial charge in [-0.15, -0.1) is 0 Å². The summed E-state index contributed by atoms with van der Waals surface area (Å²) in [6.07, 6.45) is -1.60. The van der Waals surface area contributed by atoms with Crippen molar-refractivity contribution in [2.75, 3.05) is 32.9 Å². The second-order valence-electron chi connectivity index (χ2n) is 4.85. The predicted molar refractivity (Wildman–Crippen MR) is 81.9 cm³/mol. The van der Waals surface area contributed by atoms with Gasteiger partial charge in [-0.05, 0) is 12.0 Å². The van der Waals surface area contributed by atoms with E-state index in [2.05, 4.69) is 10.6 Å². The standard InChI is InChI=1S/C15H24N2O5/c18-7-9-22-8-6-16-11-14(19)13(17-15(20)21)10-12-4-2-1-3-5-12/h1-5,13-14,16-19H,6-11H2,(H,20,21)/t13-,14+/m0/s1. The molecule has 0 radical (unpaired) electrons. The first kappa shape index (κ1) is 18.4. The van der Waals surface area contributed by atoms with Gasteiger partial charge in [0.25, 0.3) is 0 Å². The summed E-state index contributed by atoms with van der Waals surface area (Å²) in [5, 5.41) is 33.0. The molecule has 5 N–H and O–H groups in total. The molecule has 2 atom stereocenters. The van der Waals surface area contributed by atoms with Crippen LogP contribution in [0.15, 0.2) is 30.3 Å². The normalized spacial score (nSPS) is 13.5. The number of amides is 1. The molecule has 1 amide bonds. The van der Waals surface area contributed by atoms with Crippen LogP contribution in [-0.4, -0.2) is 66.5 Å². The molecule has 1 rings (SSSR count). The molecule has 0 spiro atoms. The van der Waals surface area contributed by atoms with Gasteiger partial charge in [0.05, 0.1) is 32.0 Å². The summed E-state index contributed by atoms with van der Waals surface area (Å²) in [6.45, 7) is 1.44. The van der Waals surface area contributed by atoms with Gasteiger partial charge in [0.1, 0.15) is 0 Å². The lowest BCUT2D eigenvalue weighted by Gasteiger charge is -2.23. The van der Waals surface area contributed by atoms with Crippen LogP contribution in [0.25, 0.3) is 0 Å².